The van der Waals surface area contributed by atoms with Crippen LogP contribution in [0.2, 0.25) is 0 Å². The van der Waals surface area contributed by atoms with Crippen LogP contribution in [0, 0.1) is 0 Å². The monoisotopic (exact) mass is 276 g/mol. The van der Waals surface area contributed by atoms with Gasteiger partial charge < -0.3 is 9.84 Å². The highest BCUT2D eigenvalue weighted by atomic mass is 16.5. The summed E-state index contributed by atoms with van der Waals surface area (Å²) >= 11 is 0. The van der Waals surface area contributed by atoms with Crippen molar-refractivity contribution in [3.8, 4) is 5.75 Å². The third kappa shape index (κ3) is 3.20. The minimum atomic E-state index is -0.880. The van der Waals surface area contributed by atoms with Crippen molar-refractivity contribution in [1.82, 2.24) is 4.90 Å². The predicted molar refractivity (Wildman–Crippen MR) is 72.4 cm³/mol. The van der Waals surface area contributed by atoms with E-state index in [1.165, 1.54) is 0 Å². The molecule has 1 N–H and O–H groups in total. The number of azide groups is 1. The Hall–Kier alpha value is -2.24. The smallest absolute Gasteiger partial charge is 0.320 e. The van der Waals surface area contributed by atoms with E-state index in [-0.39, 0.29) is 6.04 Å². The number of likely N-dealkylation sites (tertiary alicyclic amines) is 1. The third-order valence-electron chi connectivity index (χ3n) is 3.43. The molecule has 0 amide bonds. The second kappa shape index (κ2) is 6.27. The SMILES string of the molecule is COc1ccc(CN2C[C@H](N=[N+]=[N-])C[C@H]2C(=O)O)cc1. The number of carboxylic acids is 1. The van der Waals surface area contributed by atoms with Gasteiger partial charge in [0, 0.05) is 18.0 Å². The summed E-state index contributed by atoms with van der Waals surface area (Å²) in [6.07, 6.45) is 0.357. The molecule has 0 radical (unpaired) electrons. The fraction of sp³-hybridized carbons (Fsp3) is 0.462. The van der Waals surface area contributed by atoms with Gasteiger partial charge in [-0.2, -0.15) is 0 Å². The Morgan fingerprint density at radius 2 is 2.25 bits per heavy atom. The molecule has 106 valence electrons. The lowest BCUT2D eigenvalue weighted by atomic mass is 10.1. The maximum atomic E-state index is 11.3. The number of ether oxygens (including phenoxy) is 1. The molecule has 1 aromatic carbocycles. The minimum Gasteiger partial charge on any atom is -0.497 e. The quantitative estimate of drug-likeness (QED) is 0.505. The number of hydrogen-bond donors (Lipinski definition) is 1. The molecular formula is C13H16N4O3. The Bertz CT molecular complexity index is 525. The summed E-state index contributed by atoms with van der Waals surface area (Å²) in [5.41, 5.74) is 9.46. The lowest BCUT2D eigenvalue weighted by Crippen LogP contribution is -2.35. The maximum Gasteiger partial charge on any atom is 0.320 e. The number of nitrogens with zero attached hydrogens (tertiary/aromatic N) is 4. The van der Waals surface area contributed by atoms with Crippen LogP contribution < -0.4 is 4.74 Å². The average Bonchev–Trinajstić information content (AvgIpc) is 2.83. The topological polar surface area (TPSA) is 98.5 Å². The molecule has 0 saturated carbocycles. The van der Waals surface area contributed by atoms with E-state index in [9.17, 15) is 9.90 Å². The van der Waals surface area contributed by atoms with E-state index in [0.717, 1.165) is 11.3 Å². The molecule has 2 rings (SSSR count). The van der Waals surface area contributed by atoms with Gasteiger partial charge in [-0.3, -0.25) is 9.69 Å². The van der Waals surface area contributed by atoms with E-state index in [4.69, 9.17) is 10.3 Å². The summed E-state index contributed by atoms with van der Waals surface area (Å²) in [5.74, 6) is -0.119. The summed E-state index contributed by atoms with van der Waals surface area (Å²) in [6.45, 7) is 0.978. The number of carboxylic acid groups (broad SMARTS) is 1. The first-order chi connectivity index (χ1) is 9.63. The first-order valence-electron chi connectivity index (χ1n) is 6.28. The molecule has 1 fully saturated rings. The fourth-order valence-electron chi connectivity index (χ4n) is 2.43. The first kappa shape index (κ1) is 14.2. The Morgan fingerprint density at radius 3 is 2.80 bits per heavy atom. The molecule has 1 aliphatic heterocycles. The Kier molecular flexibility index (Phi) is 4.45. The number of rotatable bonds is 5. The van der Waals surface area contributed by atoms with Gasteiger partial charge in [-0.1, -0.05) is 17.2 Å². The van der Waals surface area contributed by atoms with Crippen molar-refractivity contribution >= 4 is 5.97 Å². The van der Waals surface area contributed by atoms with Crippen molar-refractivity contribution < 1.29 is 14.6 Å². The standard InChI is InChI=1S/C13H16N4O3/c1-20-11-4-2-9(3-5-11)7-17-8-10(15-16-14)6-12(17)13(18)19/h2-5,10,12H,6-8H2,1H3,(H,18,19)/t10-,12+/m1/s1. The van der Waals surface area contributed by atoms with Crippen LogP contribution >= 0.6 is 0 Å². The van der Waals surface area contributed by atoms with Gasteiger partial charge in [0.15, 0.2) is 0 Å². The first-order valence-corrected chi connectivity index (χ1v) is 6.28. The third-order valence-corrected chi connectivity index (χ3v) is 3.43. The van der Waals surface area contributed by atoms with Crippen LogP contribution in [0.4, 0.5) is 0 Å². The van der Waals surface area contributed by atoms with Crippen molar-refractivity contribution in [2.45, 2.75) is 25.0 Å². The van der Waals surface area contributed by atoms with Crippen molar-refractivity contribution in [1.29, 1.82) is 0 Å². The van der Waals surface area contributed by atoms with Crippen molar-refractivity contribution in [2.24, 2.45) is 5.11 Å². The van der Waals surface area contributed by atoms with E-state index < -0.39 is 12.0 Å². The molecule has 0 unspecified atom stereocenters. The van der Waals surface area contributed by atoms with Crippen molar-refractivity contribution in [3.63, 3.8) is 0 Å². The molecule has 0 spiro atoms. The predicted octanol–water partition coefficient (Wildman–Crippen LogP) is 2.03. The molecule has 7 heteroatoms. The molecule has 1 aliphatic rings. The van der Waals surface area contributed by atoms with Crippen molar-refractivity contribution in [3.05, 3.63) is 40.3 Å². The lowest BCUT2D eigenvalue weighted by molar-refractivity contribution is -0.142. The van der Waals surface area contributed by atoms with Crippen molar-refractivity contribution in [2.75, 3.05) is 13.7 Å². The second-order valence-electron chi connectivity index (χ2n) is 4.73. The zero-order valence-corrected chi connectivity index (χ0v) is 11.1. The van der Waals surface area contributed by atoms with Gasteiger partial charge in [-0.05, 0) is 29.6 Å². The highest BCUT2D eigenvalue weighted by Crippen LogP contribution is 2.23. The maximum absolute atomic E-state index is 11.3. The number of methoxy groups -OCH3 is 1. The molecule has 1 saturated heterocycles. The van der Waals surface area contributed by atoms with Crippen LogP contribution in [0.5, 0.6) is 5.75 Å². The van der Waals surface area contributed by atoms with Crippen LogP contribution in [0.1, 0.15) is 12.0 Å². The van der Waals surface area contributed by atoms with Crippen LogP contribution in [0.15, 0.2) is 29.4 Å². The van der Waals surface area contributed by atoms with E-state index in [1.807, 2.05) is 29.2 Å². The summed E-state index contributed by atoms with van der Waals surface area (Å²) in [7, 11) is 1.60. The van der Waals surface area contributed by atoms with E-state index in [0.29, 0.717) is 19.5 Å². The Labute approximate surface area is 116 Å². The van der Waals surface area contributed by atoms with Gasteiger partial charge in [0.2, 0.25) is 0 Å². The zero-order valence-electron chi connectivity index (χ0n) is 11.1. The Balaban J connectivity index is 2.08. The number of hydrogen-bond acceptors (Lipinski definition) is 4. The van der Waals surface area contributed by atoms with Crippen LogP contribution in [0.3, 0.4) is 0 Å². The lowest BCUT2D eigenvalue weighted by Gasteiger charge is -2.21. The summed E-state index contributed by atoms with van der Waals surface area (Å²) < 4.78 is 5.08. The van der Waals surface area contributed by atoms with Crippen LogP contribution in [-0.2, 0) is 11.3 Å². The summed E-state index contributed by atoms with van der Waals surface area (Å²) in [6, 6.07) is 6.60. The highest BCUT2D eigenvalue weighted by Gasteiger charge is 2.36. The molecule has 1 heterocycles. The summed E-state index contributed by atoms with van der Waals surface area (Å²) in [4.78, 5) is 15.8. The number of aliphatic carboxylic acids is 1. The Morgan fingerprint density at radius 1 is 1.55 bits per heavy atom. The van der Waals surface area contributed by atoms with Gasteiger partial charge in [0.1, 0.15) is 11.8 Å². The fourth-order valence-corrected chi connectivity index (χ4v) is 2.43. The molecule has 0 bridgehead atoms. The molecule has 1 aromatic rings. The number of benzene rings is 1. The normalized spacial score (nSPS) is 22.2. The minimum absolute atomic E-state index is 0.278. The molecule has 7 nitrogen and oxygen atoms in total. The summed E-state index contributed by atoms with van der Waals surface area (Å²) in [5, 5.41) is 12.9. The van der Waals surface area contributed by atoms with Gasteiger partial charge in [0.25, 0.3) is 0 Å². The molecule has 0 aliphatic carbocycles. The van der Waals surface area contributed by atoms with Gasteiger partial charge in [0.05, 0.1) is 13.2 Å². The number of carbonyl (C=O) groups is 1. The average molecular weight is 276 g/mol. The van der Waals surface area contributed by atoms with Gasteiger partial charge >= 0.3 is 5.97 Å². The highest BCUT2D eigenvalue weighted by molar-refractivity contribution is 5.74. The van der Waals surface area contributed by atoms with Crippen LogP contribution in [-0.4, -0.2) is 41.7 Å². The molecular weight excluding hydrogens is 260 g/mol. The largest absolute Gasteiger partial charge is 0.497 e. The van der Waals surface area contributed by atoms with E-state index in [2.05, 4.69) is 10.0 Å². The van der Waals surface area contributed by atoms with Gasteiger partial charge in [-0.25, -0.2) is 0 Å². The zero-order chi connectivity index (χ0) is 14.5. The van der Waals surface area contributed by atoms with Gasteiger partial charge in [-0.15, -0.1) is 0 Å². The van der Waals surface area contributed by atoms with Crippen LogP contribution in [0.25, 0.3) is 10.4 Å². The molecule has 20 heavy (non-hydrogen) atoms. The second-order valence-corrected chi connectivity index (χ2v) is 4.73. The molecule has 0 aromatic heterocycles. The van der Waals surface area contributed by atoms with E-state index >= 15 is 0 Å². The van der Waals surface area contributed by atoms with E-state index in [1.54, 1.807) is 7.11 Å². The molecule has 2 atom stereocenters.